The van der Waals surface area contributed by atoms with Crippen LogP contribution in [0.1, 0.15) is 42.9 Å². The Balaban J connectivity index is 1.79. The third kappa shape index (κ3) is 3.82. The van der Waals surface area contributed by atoms with Crippen LogP contribution in [0.15, 0.2) is 18.2 Å². The second kappa shape index (κ2) is 7.61. The lowest BCUT2D eigenvalue weighted by Crippen LogP contribution is -2.49. The number of piperidine rings is 2. The van der Waals surface area contributed by atoms with Gasteiger partial charge in [-0.2, -0.15) is 0 Å². The molecule has 0 aliphatic carbocycles. The highest BCUT2D eigenvalue weighted by molar-refractivity contribution is 5.80. The molecule has 0 bridgehead atoms. The average Bonchev–Trinajstić information content (AvgIpc) is 2.61. The van der Waals surface area contributed by atoms with E-state index in [1.165, 1.54) is 12.1 Å². The van der Waals surface area contributed by atoms with E-state index in [4.69, 9.17) is 5.73 Å². The van der Waals surface area contributed by atoms with E-state index in [0.717, 1.165) is 11.1 Å². The zero-order valence-corrected chi connectivity index (χ0v) is 15.0. The van der Waals surface area contributed by atoms with Gasteiger partial charge in [0.05, 0.1) is 12.1 Å². The number of aryl methyl sites for hydroxylation is 1. The van der Waals surface area contributed by atoms with Crippen LogP contribution < -0.4 is 5.73 Å². The van der Waals surface area contributed by atoms with Gasteiger partial charge in [0.2, 0.25) is 5.91 Å². The molecule has 3 amide bonds. The standard InChI is InChI=1S/C19H26FN3O3/c1-12-10-14(20)2-3-16(12)17-11-13(4-9-23(17)19(21)26)18(25)22-7-5-15(24)6-8-22/h2-3,10,13,15,17,24H,4-9,11H2,1H3,(H2,21,26). The SMILES string of the molecule is Cc1cc(F)ccc1C1CC(C(=O)N2CCC(O)CC2)CCN1C(N)=O. The van der Waals surface area contributed by atoms with Crippen molar-refractivity contribution >= 4 is 11.9 Å². The third-order valence-corrected chi connectivity index (χ3v) is 5.60. The third-order valence-electron chi connectivity index (χ3n) is 5.60. The number of carbonyl (C=O) groups excluding carboxylic acids is 2. The lowest BCUT2D eigenvalue weighted by molar-refractivity contribution is -0.139. The van der Waals surface area contributed by atoms with E-state index in [9.17, 15) is 19.1 Å². The number of rotatable bonds is 2. The molecule has 2 saturated heterocycles. The molecule has 0 aromatic heterocycles. The van der Waals surface area contributed by atoms with E-state index in [2.05, 4.69) is 0 Å². The van der Waals surface area contributed by atoms with Crippen LogP contribution in [0.25, 0.3) is 0 Å². The van der Waals surface area contributed by atoms with Crippen LogP contribution in [-0.2, 0) is 4.79 Å². The zero-order chi connectivity index (χ0) is 18.8. The second-order valence-electron chi connectivity index (χ2n) is 7.33. The molecule has 2 fully saturated rings. The van der Waals surface area contributed by atoms with Gasteiger partial charge in [-0.1, -0.05) is 6.07 Å². The Labute approximate surface area is 152 Å². The minimum absolute atomic E-state index is 0.0748. The summed E-state index contributed by atoms with van der Waals surface area (Å²) in [7, 11) is 0. The molecule has 26 heavy (non-hydrogen) atoms. The van der Waals surface area contributed by atoms with Gasteiger partial charge in [0.25, 0.3) is 0 Å². The van der Waals surface area contributed by atoms with E-state index in [0.29, 0.717) is 45.3 Å². The molecular weight excluding hydrogens is 337 g/mol. The molecule has 2 aliphatic heterocycles. The molecule has 0 saturated carbocycles. The van der Waals surface area contributed by atoms with Crippen LogP contribution in [-0.4, -0.2) is 52.6 Å². The molecule has 3 N–H and O–H groups in total. The van der Waals surface area contributed by atoms with Crippen molar-refractivity contribution in [3.63, 3.8) is 0 Å². The van der Waals surface area contributed by atoms with Crippen molar-refractivity contribution in [3.05, 3.63) is 35.1 Å². The number of hydrogen-bond acceptors (Lipinski definition) is 3. The topological polar surface area (TPSA) is 86.9 Å². The number of nitrogens with two attached hydrogens (primary N) is 1. The molecule has 1 aromatic rings. The summed E-state index contributed by atoms with van der Waals surface area (Å²) in [6.45, 7) is 3.34. The van der Waals surface area contributed by atoms with Crippen molar-refractivity contribution in [3.8, 4) is 0 Å². The van der Waals surface area contributed by atoms with Crippen LogP contribution >= 0.6 is 0 Å². The first-order valence-electron chi connectivity index (χ1n) is 9.15. The molecule has 7 heteroatoms. The van der Waals surface area contributed by atoms with Crippen molar-refractivity contribution < 1.29 is 19.1 Å². The smallest absolute Gasteiger partial charge is 0.315 e. The quantitative estimate of drug-likeness (QED) is 0.842. The number of halogens is 1. The highest BCUT2D eigenvalue weighted by atomic mass is 19.1. The number of benzene rings is 1. The number of amides is 3. The highest BCUT2D eigenvalue weighted by Crippen LogP contribution is 2.36. The van der Waals surface area contributed by atoms with Crippen molar-refractivity contribution in [1.82, 2.24) is 9.80 Å². The molecule has 6 nitrogen and oxygen atoms in total. The first kappa shape index (κ1) is 18.6. The molecule has 3 rings (SSSR count). The fourth-order valence-corrected chi connectivity index (χ4v) is 4.11. The Morgan fingerprint density at radius 3 is 2.50 bits per heavy atom. The van der Waals surface area contributed by atoms with E-state index in [-0.39, 0.29) is 29.8 Å². The minimum Gasteiger partial charge on any atom is -0.393 e. The summed E-state index contributed by atoms with van der Waals surface area (Å²) < 4.78 is 13.5. The molecule has 2 aliphatic rings. The number of carbonyl (C=O) groups is 2. The van der Waals surface area contributed by atoms with Gasteiger partial charge in [-0.05, 0) is 55.9 Å². The summed E-state index contributed by atoms with van der Waals surface area (Å²) in [4.78, 5) is 28.2. The maximum Gasteiger partial charge on any atom is 0.315 e. The second-order valence-corrected chi connectivity index (χ2v) is 7.33. The van der Waals surface area contributed by atoms with Gasteiger partial charge in [0.1, 0.15) is 5.82 Å². The molecule has 0 spiro atoms. The minimum atomic E-state index is -0.522. The summed E-state index contributed by atoms with van der Waals surface area (Å²) in [5.74, 6) is -0.451. The molecule has 2 heterocycles. The normalized spacial score (nSPS) is 24.6. The lowest BCUT2D eigenvalue weighted by Gasteiger charge is -2.41. The van der Waals surface area contributed by atoms with Gasteiger partial charge in [-0.3, -0.25) is 4.79 Å². The van der Waals surface area contributed by atoms with Gasteiger partial charge in [-0.25, -0.2) is 9.18 Å². The fourth-order valence-electron chi connectivity index (χ4n) is 4.11. The first-order valence-corrected chi connectivity index (χ1v) is 9.15. The van der Waals surface area contributed by atoms with Crippen molar-refractivity contribution in [2.45, 2.75) is 44.8 Å². The number of aliphatic hydroxyl groups excluding tert-OH is 1. The predicted molar refractivity (Wildman–Crippen MR) is 94.7 cm³/mol. The summed E-state index contributed by atoms with van der Waals surface area (Å²) in [5.41, 5.74) is 7.12. The van der Waals surface area contributed by atoms with Crippen LogP contribution in [0, 0.1) is 18.7 Å². The average molecular weight is 363 g/mol. The van der Waals surface area contributed by atoms with E-state index in [1.54, 1.807) is 17.9 Å². The Hall–Kier alpha value is -2.15. The molecule has 142 valence electrons. The molecule has 2 unspecified atom stereocenters. The van der Waals surface area contributed by atoms with Gasteiger partial charge < -0.3 is 20.6 Å². The zero-order valence-electron chi connectivity index (χ0n) is 15.0. The highest BCUT2D eigenvalue weighted by Gasteiger charge is 2.37. The molecule has 2 atom stereocenters. The molecule has 0 radical (unpaired) electrons. The number of nitrogens with zero attached hydrogens (tertiary/aromatic N) is 2. The lowest BCUT2D eigenvalue weighted by atomic mass is 9.84. The number of primary amides is 1. The monoisotopic (exact) mass is 363 g/mol. The van der Waals surface area contributed by atoms with Gasteiger partial charge in [-0.15, -0.1) is 0 Å². The van der Waals surface area contributed by atoms with Crippen LogP contribution in [0.3, 0.4) is 0 Å². The number of likely N-dealkylation sites (tertiary alicyclic amines) is 2. The van der Waals surface area contributed by atoms with Crippen molar-refractivity contribution in [1.29, 1.82) is 0 Å². The Morgan fingerprint density at radius 2 is 1.88 bits per heavy atom. The Bertz CT molecular complexity index is 689. The predicted octanol–water partition coefficient (Wildman–Crippen LogP) is 1.95. The molecular formula is C19H26FN3O3. The summed E-state index contributed by atoms with van der Waals surface area (Å²) >= 11 is 0. The Morgan fingerprint density at radius 1 is 1.19 bits per heavy atom. The molecule has 1 aromatic carbocycles. The van der Waals surface area contributed by atoms with E-state index < -0.39 is 6.03 Å². The largest absolute Gasteiger partial charge is 0.393 e. The Kier molecular flexibility index (Phi) is 5.46. The fraction of sp³-hybridized carbons (Fsp3) is 0.579. The number of aliphatic hydroxyl groups is 1. The maximum absolute atomic E-state index is 13.5. The van der Waals surface area contributed by atoms with Crippen LogP contribution in [0.5, 0.6) is 0 Å². The van der Waals surface area contributed by atoms with E-state index >= 15 is 0 Å². The number of urea groups is 1. The maximum atomic E-state index is 13.5. The van der Waals surface area contributed by atoms with Crippen molar-refractivity contribution in [2.75, 3.05) is 19.6 Å². The van der Waals surface area contributed by atoms with Gasteiger partial charge in [0.15, 0.2) is 0 Å². The van der Waals surface area contributed by atoms with Crippen LogP contribution in [0.2, 0.25) is 0 Å². The first-order chi connectivity index (χ1) is 12.4. The summed E-state index contributed by atoms with van der Waals surface area (Å²) in [5, 5.41) is 9.63. The van der Waals surface area contributed by atoms with E-state index in [1.807, 2.05) is 4.90 Å². The van der Waals surface area contributed by atoms with Crippen molar-refractivity contribution in [2.24, 2.45) is 11.7 Å². The summed E-state index contributed by atoms with van der Waals surface area (Å²) in [6.07, 6.45) is 1.93. The van der Waals surface area contributed by atoms with Gasteiger partial charge in [0, 0.05) is 25.6 Å². The van der Waals surface area contributed by atoms with Gasteiger partial charge >= 0.3 is 6.03 Å². The number of hydrogen-bond donors (Lipinski definition) is 2. The summed E-state index contributed by atoms with van der Waals surface area (Å²) in [6, 6.07) is 3.64. The van der Waals surface area contributed by atoms with Crippen LogP contribution in [0.4, 0.5) is 9.18 Å².